The van der Waals surface area contributed by atoms with Crippen LogP contribution >= 0.6 is 38.9 Å². The Kier molecular flexibility index (Phi) is 5.90. The lowest BCUT2D eigenvalue weighted by molar-refractivity contribution is 0.373. The molecular formula is C12H19BrClNO2S2. The van der Waals surface area contributed by atoms with Gasteiger partial charge in [0.1, 0.15) is 4.21 Å². The van der Waals surface area contributed by atoms with E-state index in [1.165, 1.54) is 0 Å². The topological polar surface area (TPSA) is 46.2 Å². The summed E-state index contributed by atoms with van der Waals surface area (Å²) < 4.78 is 27.6. The maximum absolute atomic E-state index is 12.1. The van der Waals surface area contributed by atoms with Gasteiger partial charge in [0.05, 0.1) is 4.34 Å². The average Bonchev–Trinajstić information content (AvgIpc) is 2.55. The highest BCUT2D eigenvalue weighted by molar-refractivity contribution is 9.09. The molecule has 0 aromatic carbocycles. The van der Waals surface area contributed by atoms with E-state index in [0.29, 0.717) is 10.9 Å². The van der Waals surface area contributed by atoms with Crippen LogP contribution in [0.1, 0.15) is 32.8 Å². The summed E-state index contributed by atoms with van der Waals surface area (Å²) in [5, 5.41) is 0. The van der Waals surface area contributed by atoms with Gasteiger partial charge in [-0.05, 0) is 30.4 Å². The molecule has 1 unspecified atom stereocenters. The van der Waals surface area contributed by atoms with Crippen LogP contribution in [0.4, 0.5) is 0 Å². The zero-order chi connectivity index (χ0) is 14.8. The summed E-state index contributed by atoms with van der Waals surface area (Å²) in [5.74, 6) is 0. The molecule has 7 heteroatoms. The first-order valence-corrected chi connectivity index (χ1v) is 9.50. The van der Waals surface area contributed by atoms with E-state index in [0.717, 1.165) is 23.3 Å². The average molecular weight is 389 g/mol. The molecule has 0 aliphatic rings. The molecule has 0 radical (unpaired) electrons. The quantitative estimate of drug-likeness (QED) is 0.769. The first-order chi connectivity index (χ1) is 8.51. The van der Waals surface area contributed by atoms with Crippen molar-refractivity contribution in [1.82, 2.24) is 4.72 Å². The van der Waals surface area contributed by atoms with Gasteiger partial charge in [-0.1, -0.05) is 48.3 Å². The lowest BCUT2D eigenvalue weighted by Gasteiger charge is -2.22. The van der Waals surface area contributed by atoms with Crippen molar-refractivity contribution in [3.63, 3.8) is 0 Å². The SMILES string of the molecule is Cc1cc(S(=O)(=O)NCC(Br)CC(C)(C)C)sc1Cl. The molecule has 1 rings (SSSR count). The minimum Gasteiger partial charge on any atom is -0.209 e. The first kappa shape index (κ1) is 17.4. The molecule has 0 saturated carbocycles. The summed E-state index contributed by atoms with van der Waals surface area (Å²) in [7, 11) is -3.46. The molecule has 0 fully saturated rings. The normalized spacial score (nSPS) is 14.6. The van der Waals surface area contributed by atoms with E-state index in [4.69, 9.17) is 11.6 Å². The van der Waals surface area contributed by atoms with Gasteiger partial charge in [-0.3, -0.25) is 0 Å². The molecule has 0 spiro atoms. The first-order valence-electron chi connectivity index (χ1n) is 5.91. The van der Waals surface area contributed by atoms with Crippen molar-refractivity contribution in [1.29, 1.82) is 0 Å². The number of aryl methyl sites for hydroxylation is 1. The van der Waals surface area contributed by atoms with Crippen molar-refractivity contribution in [2.75, 3.05) is 6.54 Å². The predicted octanol–water partition coefficient (Wildman–Crippen LogP) is 4.19. The molecule has 1 N–H and O–H groups in total. The molecule has 0 aliphatic heterocycles. The fraction of sp³-hybridized carbons (Fsp3) is 0.667. The fourth-order valence-electron chi connectivity index (χ4n) is 1.57. The summed E-state index contributed by atoms with van der Waals surface area (Å²) in [4.78, 5) is 0.110. The monoisotopic (exact) mass is 387 g/mol. The minimum absolute atomic E-state index is 0.110. The summed E-state index contributed by atoms with van der Waals surface area (Å²) in [6, 6.07) is 1.60. The second-order valence-electron chi connectivity index (χ2n) is 5.74. The summed E-state index contributed by atoms with van der Waals surface area (Å²) in [6.45, 7) is 8.54. The van der Waals surface area contributed by atoms with Crippen LogP contribution in [0.2, 0.25) is 4.34 Å². The summed E-state index contributed by atoms with van der Waals surface area (Å²) in [6.07, 6.45) is 0.889. The minimum atomic E-state index is -3.46. The number of halogens is 2. The molecule has 0 saturated heterocycles. The lowest BCUT2D eigenvalue weighted by atomic mass is 9.91. The smallest absolute Gasteiger partial charge is 0.209 e. The van der Waals surface area contributed by atoms with E-state index in [2.05, 4.69) is 41.4 Å². The molecule has 0 bridgehead atoms. The van der Waals surface area contributed by atoms with Gasteiger partial charge in [0.25, 0.3) is 0 Å². The van der Waals surface area contributed by atoms with Gasteiger partial charge in [-0.2, -0.15) is 0 Å². The maximum atomic E-state index is 12.1. The van der Waals surface area contributed by atoms with Crippen molar-refractivity contribution >= 4 is 48.9 Å². The van der Waals surface area contributed by atoms with Crippen molar-refractivity contribution in [2.45, 2.75) is 43.2 Å². The molecule has 19 heavy (non-hydrogen) atoms. The zero-order valence-corrected chi connectivity index (χ0v) is 15.4. The highest BCUT2D eigenvalue weighted by atomic mass is 79.9. The van der Waals surface area contributed by atoms with Crippen molar-refractivity contribution < 1.29 is 8.42 Å². The number of hydrogen-bond acceptors (Lipinski definition) is 3. The fourth-order valence-corrected chi connectivity index (χ4v) is 5.75. The van der Waals surface area contributed by atoms with E-state index in [-0.39, 0.29) is 14.5 Å². The molecule has 0 amide bonds. The van der Waals surface area contributed by atoms with Crippen LogP contribution < -0.4 is 4.72 Å². The molecule has 3 nitrogen and oxygen atoms in total. The van der Waals surface area contributed by atoms with Gasteiger partial charge >= 0.3 is 0 Å². The summed E-state index contributed by atoms with van der Waals surface area (Å²) in [5.41, 5.74) is 0.944. The Morgan fingerprint density at radius 1 is 1.47 bits per heavy atom. The van der Waals surface area contributed by atoms with Gasteiger partial charge in [0, 0.05) is 11.4 Å². The van der Waals surface area contributed by atoms with Crippen LogP contribution in [0.15, 0.2) is 10.3 Å². The van der Waals surface area contributed by atoms with Crippen LogP contribution in [0.5, 0.6) is 0 Å². The molecule has 1 atom stereocenters. The maximum Gasteiger partial charge on any atom is 0.250 e. The summed E-state index contributed by atoms with van der Waals surface area (Å²) >= 11 is 10.5. The van der Waals surface area contributed by atoms with Gasteiger partial charge in [0.15, 0.2) is 0 Å². The Balaban J connectivity index is 2.66. The predicted molar refractivity (Wildman–Crippen MR) is 86.0 cm³/mol. The third-order valence-corrected chi connectivity index (χ3v) is 6.53. The number of alkyl halides is 1. The van der Waals surface area contributed by atoms with Crippen LogP contribution in [0, 0.1) is 12.3 Å². The van der Waals surface area contributed by atoms with E-state index in [1.54, 1.807) is 13.0 Å². The largest absolute Gasteiger partial charge is 0.250 e. The molecule has 1 heterocycles. The number of thiophene rings is 1. The Bertz CT molecular complexity index is 515. The number of sulfonamides is 1. The van der Waals surface area contributed by atoms with E-state index in [1.807, 2.05) is 0 Å². The Hall–Kier alpha value is 0.380. The van der Waals surface area contributed by atoms with Crippen LogP contribution in [0.3, 0.4) is 0 Å². The Morgan fingerprint density at radius 3 is 2.47 bits per heavy atom. The molecule has 1 aromatic heterocycles. The van der Waals surface area contributed by atoms with Gasteiger partial charge in [-0.15, -0.1) is 11.3 Å². The Labute approximate surface area is 132 Å². The second-order valence-corrected chi connectivity index (χ2v) is 10.7. The van der Waals surface area contributed by atoms with Gasteiger partial charge in [0.2, 0.25) is 10.0 Å². The van der Waals surface area contributed by atoms with Crippen LogP contribution in [0.25, 0.3) is 0 Å². The number of nitrogens with one attached hydrogen (secondary N) is 1. The van der Waals surface area contributed by atoms with Crippen molar-refractivity contribution in [3.05, 3.63) is 16.0 Å². The van der Waals surface area contributed by atoms with Gasteiger partial charge < -0.3 is 0 Å². The third-order valence-electron chi connectivity index (χ3n) is 2.43. The second kappa shape index (κ2) is 6.43. The molecule has 0 aliphatic carbocycles. The molecule has 1 aromatic rings. The third kappa shape index (κ3) is 5.71. The Morgan fingerprint density at radius 2 is 2.05 bits per heavy atom. The van der Waals surface area contributed by atoms with Crippen LogP contribution in [-0.4, -0.2) is 19.8 Å². The van der Waals surface area contributed by atoms with Crippen molar-refractivity contribution in [2.24, 2.45) is 5.41 Å². The highest BCUT2D eigenvalue weighted by Gasteiger charge is 2.21. The van der Waals surface area contributed by atoms with Gasteiger partial charge in [-0.25, -0.2) is 13.1 Å². The number of rotatable bonds is 5. The highest BCUT2D eigenvalue weighted by Crippen LogP contribution is 2.30. The van der Waals surface area contributed by atoms with E-state index >= 15 is 0 Å². The standard InChI is InChI=1S/C12H19BrClNO2S2/c1-8-5-10(18-11(8)14)19(16,17)15-7-9(13)6-12(2,3)4/h5,9,15H,6-7H2,1-4H3. The zero-order valence-electron chi connectivity index (χ0n) is 11.5. The van der Waals surface area contributed by atoms with Crippen molar-refractivity contribution in [3.8, 4) is 0 Å². The lowest BCUT2D eigenvalue weighted by Crippen LogP contribution is -2.31. The number of hydrogen-bond donors (Lipinski definition) is 1. The molecular weight excluding hydrogens is 370 g/mol. The molecule has 110 valence electrons. The van der Waals surface area contributed by atoms with E-state index in [9.17, 15) is 8.42 Å². The van der Waals surface area contributed by atoms with Crippen LogP contribution in [-0.2, 0) is 10.0 Å². The van der Waals surface area contributed by atoms with E-state index < -0.39 is 10.0 Å².